The number of primary sulfonamides is 1. The summed E-state index contributed by atoms with van der Waals surface area (Å²) in [7, 11) is -3.80. The summed E-state index contributed by atoms with van der Waals surface area (Å²) < 4.78 is 25.4. The van der Waals surface area contributed by atoms with Gasteiger partial charge in [0.2, 0.25) is 10.0 Å². The summed E-state index contributed by atoms with van der Waals surface area (Å²) in [5, 5.41) is 18.6. The Labute approximate surface area is 194 Å². The van der Waals surface area contributed by atoms with E-state index in [1.165, 1.54) is 12.1 Å². The number of hydrogen-bond acceptors (Lipinski definition) is 5. The van der Waals surface area contributed by atoms with Crippen molar-refractivity contribution < 1.29 is 18.3 Å². The second kappa shape index (κ2) is 8.13. The first-order chi connectivity index (χ1) is 15.4. The zero-order valence-corrected chi connectivity index (χ0v) is 20.0. The van der Waals surface area contributed by atoms with Crippen molar-refractivity contribution in [2.75, 3.05) is 5.32 Å². The number of nitrogens with zero attached hydrogens (tertiary/aromatic N) is 1. The summed E-state index contributed by atoms with van der Waals surface area (Å²) in [6.07, 6.45) is 0.363. The summed E-state index contributed by atoms with van der Waals surface area (Å²) in [6.45, 7) is 7.92. The molecule has 1 unspecified atom stereocenters. The molecule has 2 aromatic carbocycles. The Morgan fingerprint density at radius 3 is 2.45 bits per heavy atom. The summed E-state index contributed by atoms with van der Waals surface area (Å²) in [4.78, 5) is 12.7. The number of aromatic nitrogens is 1. The van der Waals surface area contributed by atoms with Crippen LogP contribution in [0.5, 0.6) is 0 Å². The molecule has 0 radical (unpaired) electrons. The average molecular weight is 468 g/mol. The minimum absolute atomic E-state index is 0.0302. The van der Waals surface area contributed by atoms with E-state index >= 15 is 0 Å². The quantitative estimate of drug-likeness (QED) is 0.489. The van der Waals surface area contributed by atoms with E-state index < -0.39 is 16.3 Å². The fraction of sp³-hybridized carbons (Fsp3) is 0.320. The van der Waals surface area contributed by atoms with E-state index in [2.05, 4.69) is 25.2 Å². The van der Waals surface area contributed by atoms with E-state index in [0.717, 1.165) is 33.9 Å². The third-order valence-electron chi connectivity index (χ3n) is 6.36. The van der Waals surface area contributed by atoms with Gasteiger partial charge in [-0.25, -0.2) is 13.6 Å². The summed E-state index contributed by atoms with van der Waals surface area (Å²) in [5.41, 5.74) is 5.64. The molecular formula is C25H29N3O4S. The van der Waals surface area contributed by atoms with Crippen molar-refractivity contribution in [3.05, 3.63) is 65.4 Å². The number of benzene rings is 2. The molecule has 174 valence electrons. The van der Waals surface area contributed by atoms with E-state index in [0.29, 0.717) is 18.4 Å². The Bertz CT molecular complexity index is 1340. The van der Waals surface area contributed by atoms with Crippen molar-refractivity contribution in [2.24, 2.45) is 5.14 Å². The molecule has 0 bridgehead atoms. The number of rotatable bonds is 5. The van der Waals surface area contributed by atoms with Crippen LogP contribution in [0.4, 0.5) is 5.69 Å². The monoisotopic (exact) mass is 467 g/mol. The van der Waals surface area contributed by atoms with Crippen LogP contribution in [0.3, 0.4) is 0 Å². The van der Waals surface area contributed by atoms with Crippen molar-refractivity contribution in [3.8, 4) is 16.9 Å². The van der Waals surface area contributed by atoms with Gasteiger partial charge in [-0.1, -0.05) is 26.8 Å². The molecule has 0 aliphatic carbocycles. The second-order valence-corrected chi connectivity index (χ2v) is 10.7. The number of carbonyl (C=O) groups excluding carboxylic acids is 1. The largest absolute Gasteiger partial charge is 0.374 e. The van der Waals surface area contributed by atoms with Crippen molar-refractivity contribution in [1.29, 1.82) is 0 Å². The predicted octanol–water partition coefficient (Wildman–Crippen LogP) is 4.10. The first-order valence-electron chi connectivity index (χ1n) is 10.9. The molecule has 2 heterocycles. The number of aliphatic hydroxyl groups is 1. The van der Waals surface area contributed by atoms with Gasteiger partial charge in [0.05, 0.1) is 10.6 Å². The van der Waals surface area contributed by atoms with Gasteiger partial charge in [-0.15, -0.1) is 0 Å². The van der Waals surface area contributed by atoms with E-state index in [9.17, 15) is 18.3 Å². The molecule has 1 aliphatic heterocycles. The van der Waals surface area contributed by atoms with Crippen LogP contribution in [0.1, 0.15) is 55.2 Å². The Hall–Kier alpha value is -2.94. The molecular weight excluding hydrogens is 438 g/mol. The van der Waals surface area contributed by atoms with Crippen LogP contribution in [0, 0.1) is 6.92 Å². The third kappa shape index (κ3) is 4.21. The molecule has 1 atom stereocenters. The van der Waals surface area contributed by atoms with Crippen LogP contribution in [0.15, 0.2) is 53.4 Å². The van der Waals surface area contributed by atoms with E-state index in [-0.39, 0.29) is 16.1 Å². The molecule has 0 amide bonds. The first-order valence-corrected chi connectivity index (χ1v) is 12.5. The van der Waals surface area contributed by atoms with Crippen LogP contribution >= 0.6 is 0 Å². The number of Topliss-reactive ketones (excluding diaryl/α,β-unsaturated/α-hetero) is 1. The lowest BCUT2D eigenvalue weighted by Gasteiger charge is -2.36. The lowest BCUT2D eigenvalue weighted by molar-refractivity contribution is 0.0987. The van der Waals surface area contributed by atoms with Gasteiger partial charge in [0.25, 0.3) is 0 Å². The summed E-state index contributed by atoms with van der Waals surface area (Å²) in [5.74, 6) is 0.0386. The molecule has 7 nitrogen and oxygen atoms in total. The van der Waals surface area contributed by atoms with E-state index in [1.54, 1.807) is 12.1 Å². The molecule has 4 rings (SSSR count). The maximum absolute atomic E-state index is 12.7. The van der Waals surface area contributed by atoms with Gasteiger partial charge in [0, 0.05) is 35.5 Å². The number of aliphatic hydroxyl groups excluding tert-OH is 1. The van der Waals surface area contributed by atoms with E-state index in [4.69, 9.17) is 5.14 Å². The lowest BCUT2D eigenvalue weighted by atomic mass is 9.77. The van der Waals surface area contributed by atoms with Crippen LogP contribution in [-0.4, -0.2) is 30.1 Å². The molecule has 0 saturated heterocycles. The van der Waals surface area contributed by atoms with Gasteiger partial charge < -0.3 is 15.0 Å². The van der Waals surface area contributed by atoms with Gasteiger partial charge in [0.15, 0.2) is 5.78 Å². The van der Waals surface area contributed by atoms with Crippen molar-refractivity contribution in [3.63, 3.8) is 0 Å². The highest BCUT2D eigenvalue weighted by Crippen LogP contribution is 2.41. The normalized spacial score (nSPS) is 17.3. The molecule has 33 heavy (non-hydrogen) atoms. The minimum Gasteiger partial charge on any atom is -0.374 e. The number of nitrogens with two attached hydrogens (primary N) is 1. The van der Waals surface area contributed by atoms with Gasteiger partial charge in [-0.05, 0) is 65.9 Å². The maximum atomic E-state index is 12.7. The molecule has 1 aromatic heterocycles. The highest BCUT2D eigenvalue weighted by atomic mass is 32.2. The molecule has 0 spiro atoms. The topological polar surface area (TPSA) is 114 Å². The molecule has 1 aliphatic rings. The summed E-state index contributed by atoms with van der Waals surface area (Å²) >= 11 is 0. The van der Waals surface area contributed by atoms with Crippen LogP contribution in [0.2, 0.25) is 0 Å². The van der Waals surface area contributed by atoms with Gasteiger partial charge in [-0.3, -0.25) is 4.79 Å². The maximum Gasteiger partial charge on any atom is 0.238 e. The van der Waals surface area contributed by atoms with Crippen LogP contribution < -0.4 is 10.5 Å². The number of ketones is 1. The number of carbonyl (C=O) groups is 1. The van der Waals surface area contributed by atoms with Crippen LogP contribution in [0.25, 0.3) is 16.9 Å². The van der Waals surface area contributed by atoms with Gasteiger partial charge in [0.1, 0.15) is 6.23 Å². The third-order valence-corrected chi connectivity index (χ3v) is 7.29. The van der Waals surface area contributed by atoms with Crippen molar-refractivity contribution in [2.45, 2.75) is 57.1 Å². The smallest absolute Gasteiger partial charge is 0.238 e. The molecule has 4 N–H and O–H groups in total. The SMILES string of the molecule is CCC(=O)c1cc(-c2ccc3c(c2)C(C)(C)CC(O)N3)n(-c2ccc(S(N)(=O)=O)cc2)c1C. The lowest BCUT2D eigenvalue weighted by Crippen LogP contribution is -2.35. The number of anilines is 1. The number of fused-ring (bicyclic) bond motifs is 1. The Kier molecular flexibility index (Phi) is 5.72. The Balaban J connectivity index is 1.92. The highest BCUT2D eigenvalue weighted by molar-refractivity contribution is 7.89. The number of sulfonamides is 1. The molecule has 3 aromatic rings. The zero-order chi connectivity index (χ0) is 24.1. The first kappa shape index (κ1) is 23.2. The fourth-order valence-corrected chi connectivity index (χ4v) is 5.14. The van der Waals surface area contributed by atoms with Gasteiger partial charge in [-0.2, -0.15) is 0 Å². The van der Waals surface area contributed by atoms with E-state index in [1.807, 2.05) is 36.6 Å². The van der Waals surface area contributed by atoms with Gasteiger partial charge >= 0.3 is 0 Å². The van der Waals surface area contributed by atoms with Crippen molar-refractivity contribution >= 4 is 21.5 Å². The molecule has 0 fully saturated rings. The number of hydrogen-bond donors (Lipinski definition) is 3. The predicted molar refractivity (Wildman–Crippen MR) is 129 cm³/mol. The highest BCUT2D eigenvalue weighted by Gasteiger charge is 2.32. The zero-order valence-electron chi connectivity index (χ0n) is 19.2. The van der Waals surface area contributed by atoms with Crippen LogP contribution in [-0.2, 0) is 15.4 Å². The average Bonchev–Trinajstić information content (AvgIpc) is 3.09. The Morgan fingerprint density at radius 1 is 1.18 bits per heavy atom. The standard InChI is InChI=1S/C25H29N3O4S/c1-5-23(29)19-13-22(16-6-11-21-20(12-16)25(3,4)14-24(30)27-21)28(15(19)2)17-7-9-18(10-8-17)33(26,31)32/h6-13,24,27,30H,5,14H2,1-4H3,(H2,26,31,32). The second-order valence-electron chi connectivity index (χ2n) is 9.19. The Morgan fingerprint density at radius 2 is 1.85 bits per heavy atom. The fourth-order valence-electron chi connectivity index (χ4n) is 4.62. The number of nitrogens with one attached hydrogen (secondary N) is 1. The minimum atomic E-state index is -3.80. The molecule has 8 heteroatoms. The van der Waals surface area contributed by atoms with Crippen molar-refractivity contribution in [1.82, 2.24) is 4.57 Å². The molecule has 0 saturated carbocycles. The summed E-state index contributed by atoms with van der Waals surface area (Å²) in [6, 6.07) is 14.2.